The summed E-state index contributed by atoms with van der Waals surface area (Å²) in [4.78, 5) is 13.6. The number of hydrogen-bond acceptors (Lipinski definition) is 6. The molecule has 0 atom stereocenters. The first-order chi connectivity index (χ1) is 14.8. The van der Waals surface area contributed by atoms with Gasteiger partial charge in [-0.25, -0.2) is 0 Å². The molecule has 0 aromatic carbocycles. The lowest BCUT2D eigenvalue weighted by atomic mass is 9.84. The molecule has 0 aliphatic carbocycles. The molecule has 2 aromatic heterocycles. The van der Waals surface area contributed by atoms with Crippen molar-refractivity contribution in [2.24, 2.45) is 0 Å². The van der Waals surface area contributed by atoms with E-state index in [4.69, 9.17) is 4.74 Å². The number of carbonyl (C=O) groups excluding carboxylic acids is 1. The zero-order chi connectivity index (χ0) is 22.2. The number of aliphatic hydroxyl groups is 1. The molecular weight excluding hydrogens is 433 g/mol. The highest BCUT2D eigenvalue weighted by molar-refractivity contribution is 7.12. The predicted molar refractivity (Wildman–Crippen MR) is 107 cm³/mol. The van der Waals surface area contributed by atoms with E-state index in [1.165, 1.54) is 0 Å². The fourth-order valence-corrected chi connectivity index (χ4v) is 5.87. The van der Waals surface area contributed by atoms with Crippen LogP contribution in [0.2, 0.25) is 0 Å². The van der Waals surface area contributed by atoms with Crippen molar-refractivity contribution in [3.05, 3.63) is 38.8 Å². The van der Waals surface area contributed by atoms with E-state index in [2.05, 4.69) is 15.3 Å². The molecule has 1 fully saturated rings. The van der Waals surface area contributed by atoms with Crippen LogP contribution in [0.5, 0.6) is 0 Å². The highest BCUT2D eigenvalue weighted by atomic mass is 32.1. The molecule has 2 aromatic rings. The van der Waals surface area contributed by atoms with Crippen molar-refractivity contribution in [1.82, 2.24) is 20.0 Å². The van der Waals surface area contributed by atoms with E-state index in [9.17, 15) is 23.1 Å². The molecule has 1 saturated heterocycles. The maximum Gasteiger partial charge on any atom is 0.425 e. The minimum atomic E-state index is -4.48. The maximum atomic E-state index is 13.5. The van der Waals surface area contributed by atoms with Gasteiger partial charge in [-0.3, -0.25) is 14.4 Å². The molecule has 1 spiro atoms. The first kappa shape index (κ1) is 22.3. The molecule has 0 saturated carbocycles. The number of aliphatic hydroxyl groups excluding tert-OH is 1. The molecule has 170 valence electrons. The second-order valence-corrected chi connectivity index (χ2v) is 8.98. The van der Waals surface area contributed by atoms with Crippen molar-refractivity contribution in [1.29, 1.82) is 0 Å². The second-order valence-electron chi connectivity index (χ2n) is 7.96. The van der Waals surface area contributed by atoms with E-state index in [1.54, 1.807) is 17.9 Å². The zero-order valence-electron chi connectivity index (χ0n) is 17.2. The average molecular weight is 459 g/mol. The lowest BCUT2D eigenvalue weighted by Crippen LogP contribution is -2.45. The van der Waals surface area contributed by atoms with Crippen molar-refractivity contribution in [3.63, 3.8) is 0 Å². The SMILES string of the molecule is CNC(=O)Cn1cc(CN2CCC3(CC2)OCCc2c3sc(C(F)(F)F)c2CO)cn1. The van der Waals surface area contributed by atoms with Crippen LogP contribution in [0.25, 0.3) is 0 Å². The van der Waals surface area contributed by atoms with Crippen LogP contribution in [0.3, 0.4) is 0 Å². The number of nitrogens with one attached hydrogen (secondary N) is 1. The summed E-state index contributed by atoms with van der Waals surface area (Å²) < 4.78 is 48.2. The minimum absolute atomic E-state index is 0.0149. The van der Waals surface area contributed by atoms with Crippen LogP contribution in [0.4, 0.5) is 13.2 Å². The van der Waals surface area contributed by atoms with Gasteiger partial charge < -0.3 is 15.2 Å². The number of piperidine rings is 1. The molecule has 11 heteroatoms. The molecule has 2 aliphatic rings. The zero-order valence-corrected chi connectivity index (χ0v) is 18.0. The number of likely N-dealkylation sites (tertiary alicyclic amines) is 1. The van der Waals surface area contributed by atoms with E-state index in [0.29, 0.717) is 55.9 Å². The lowest BCUT2D eigenvalue weighted by Gasteiger charge is -2.43. The molecule has 7 nitrogen and oxygen atoms in total. The van der Waals surface area contributed by atoms with Crippen LogP contribution in [0.15, 0.2) is 12.4 Å². The topological polar surface area (TPSA) is 79.6 Å². The van der Waals surface area contributed by atoms with Crippen molar-refractivity contribution in [2.75, 3.05) is 26.7 Å². The quantitative estimate of drug-likeness (QED) is 0.719. The van der Waals surface area contributed by atoms with Gasteiger partial charge in [0.25, 0.3) is 0 Å². The third-order valence-corrected chi connectivity index (χ3v) is 7.52. The molecule has 2 aliphatic heterocycles. The number of carbonyl (C=O) groups is 1. The lowest BCUT2D eigenvalue weighted by molar-refractivity contribution is -0.135. The number of likely N-dealkylation sites (N-methyl/N-ethyl adjacent to an activating group) is 1. The Morgan fingerprint density at radius 1 is 1.39 bits per heavy atom. The standard InChI is InChI=1S/C20H25F3N4O3S/c1-24-16(29)11-27-10-13(8-25-27)9-26-5-3-19(4-6-26)17-14(2-7-30-19)15(12-28)18(31-17)20(21,22)23/h8,10,28H,2-7,9,11-12H2,1H3,(H,24,29). The van der Waals surface area contributed by atoms with Crippen molar-refractivity contribution in [2.45, 2.75) is 50.7 Å². The van der Waals surface area contributed by atoms with Gasteiger partial charge in [0.05, 0.1) is 19.4 Å². The molecule has 0 bridgehead atoms. The number of halogens is 3. The van der Waals surface area contributed by atoms with Crippen LogP contribution in [0, 0.1) is 0 Å². The summed E-state index contributed by atoms with van der Waals surface area (Å²) >= 11 is 0.735. The Hall–Kier alpha value is -1.95. The first-order valence-corrected chi connectivity index (χ1v) is 11.0. The van der Waals surface area contributed by atoms with Crippen molar-refractivity contribution >= 4 is 17.2 Å². The third-order valence-electron chi connectivity index (χ3n) is 6.02. The van der Waals surface area contributed by atoms with Crippen LogP contribution in [-0.4, -0.2) is 52.4 Å². The normalized spacial score (nSPS) is 18.9. The van der Waals surface area contributed by atoms with Crippen molar-refractivity contribution < 1.29 is 27.8 Å². The van der Waals surface area contributed by atoms with Gasteiger partial charge in [0, 0.05) is 48.9 Å². The Balaban J connectivity index is 1.47. The van der Waals surface area contributed by atoms with Crippen LogP contribution in [0.1, 0.15) is 39.3 Å². The molecule has 2 N–H and O–H groups in total. The summed E-state index contributed by atoms with van der Waals surface area (Å²) in [7, 11) is 1.57. The fourth-order valence-electron chi connectivity index (χ4n) is 4.44. The van der Waals surface area contributed by atoms with Crippen LogP contribution < -0.4 is 5.32 Å². The Labute approximate surface area is 181 Å². The minimum Gasteiger partial charge on any atom is -0.392 e. The van der Waals surface area contributed by atoms with Crippen LogP contribution in [-0.2, 0) is 47.4 Å². The summed E-state index contributed by atoms with van der Waals surface area (Å²) in [5, 5.41) is 16.4. The number of aromatic nitrogens is 2. The number of amides is 1. The third kappa shape index (κ3) is 4.36. The number of hydrogen-bond donors (Lipinski definition) is 2. The van der Waals surface area contributed by atoms with Gasteiger partial charge in [-0.1, -0.05) is 0 Å². The second kappa shape index (κ2) is 8.53. The van der Waals surface area contributed by atoms with E-state index in [-0.39, 0.29) is 18.0 Å². The summed E-state index contributed by atoms with van der Waals surface area (Å²) in [5.74, 6) is -0.128. The summed E-state index contributed by atoms with van der Waals surface area (Å²) in [6.07, 6.45) is 0.664. The summed E-state index contributed by atoms with van der Waals surface area (Å²) in [5.41, 5.74) is 0.894. The van der Waals surface area contributed by atoms with Gasteiger partial charge in [0.2, 0.25) is 5.91 Å². The predicted octanol–water partition coefficient (Wildman–Crippen LogP) is 2.27. The largest absolute Gasteiger partial charge is 0.425 e. The Morgan fingerprint density at radius 3 is 2.77 bits per heavy atom. The molecule has 4 heterocycles. The molecule has 4 rings (SSSR count). The van der Waals surface area contributed by atoms with E-state index in [0.717, 1.165) is 16.9 Å². The molecule has 1 amide bonds. The van der Waals surface area contributed by atoms with Gasteiger partial charge in [-0.05, 0) is 24.8 Å². The number of fused-ring (bicyclic) bond motifs is 2. The highest BCUT2D eigenvalue weighted by Gasteiger charge is 2.47. The smallest absolute Gasteiger partial charge is 0.392 e. The van der Waals surface area contributed by atoms with Gasteiger partial charge in [0.1, 0.15) is 17.0 Å². The number of alkyl halides is 3. The Kier molecular flexibility index (Phi) is 6.12. The highest BCUT2D eigenvalue weighted by Crippen LogP contribution is 2.50. The fraction of sp³-hybridized carbons (Fsp3) is 0.600. The van der Waals surface area contributed by atoms with Gasteiger partial charge in [-0.15, -0.1) is 11.3 Å². The van der Waals surface area contributed by atoms with Crippen LogP contribution >= 0.6 is 11.3 Å². The monoisotopic (exact) mass is 458 g/mol. The van der Waals surface area contributed by atoms with E-state index in [1.807, 2.05) is 6.20 Å². The number of thiophene rings is 1. The maximum absolute atomic E-state index is 13.5. The first-order valence-electron chi connectivity index (χ1n) is 10.2. The molecule has 0 radical (unpaired) electrons. The summed E-state index contributed by atoms with van der Waals surface area (Å²) in [6.45, 7) is 1.91. The molecule has 31 heavy (non-hydrogen) atoms. The Bertz CT molecular complexity index is 948. The van der Waals surface area contributed by atoms with E-state index >= 15 is 0 Å². The average Bonchev–Trinajstić information content (AvgIpc) is 3.34. The molecular formula is C20H25F3N4O3S. The van der Waals surface area contributed by atoms with Gasteiger partial charge >= 0.3 is 6.18 Å². The van der Waals surface area contributed by atoms with Gasteiger partial charge in [-0.2, -0.15) is 18.3 Å². The number of ether oxygens (including phenoxy) is 1. The molecule has 0 unspecified atom stereocenters. The van der Waals surface area contributed by atoms with Crippen molar-refractivity contribution in [3.8, 4) is 0 Å². The summed E-state index contributed by atoms with van der Waals surface area (Å²) in [6, 6.07) is 0. The van der Waals surface area contributed by atoms with E-state index < -0.39 is 23.3 Å². The Morgan fingerprint density at radius 2 is 2.13 bits per heavy atom. The number of rotatable bonds is 5. The van der Waals surface area contributed by atoms with Gasteiger partial charge in [0.15, 0.2) is 0 Å². The number of nitrogens with zero attached hydrogens (tertiary/aromatic N) is 3.